The van der Waals surface area contributed by atoms with Crippen molar-refractivity contribution in [2.24, 2.45) is 5.92 Å². The van der Waals surface area contributed by atoms with Crippen LogP contribution in [0.3, 0.4) is 0 Å². The van der Waals surface area contributed by atoms with Gasteiger partial charge >= 0.3 is 0 Å². The normalized spacial score (nSPS) is 27.0. The van der Waals surface area contributed by atoms with Gasteiger partial charge in [0.1, 0.15) is 0 Å². The van der Waals surface area contributed by atoms with Crippen molar-refractivity contribution in [2.75, 3.05) is 14.1 Å². The van der Waals surface area contributed by atoms with Crippen LogP contribution in [0.4, 0.5) is 0 Å². The smallest absolute Gasteiger partial charge is 0.0891 e. The van der Waals surface area contributed by atoms with E-state index in [1.54, 1.807) is 0 Å². The maximum Gasteiger partial charge on any atom is 0.0891 e. The minimum absolute atomic E-state index is 0. The van der Waals surface area contributed by atoms with Gasteiger partial charge in [0.15, 0.2) is 0 Å². The maximum absolute atomic E-state index is 2.48. The lowest BCUT2D eigenvalue weighted by atomic mass is 9.72. The maximum atomic E-state index is 2.48. The van der Waals surface area contributed by atoms with Gasteiger partial charge in [-0.2, -0.15) is 0 Å². The molecule has 4 rings (SSSR count). The number of hydrogen-bond donors (Lipinski definition) is 0. The van der Waals surface area contributed by atoms with Crippen LogP contribution >= 0.6 is 0 Å². The van der Waals surface area contributed by atoms with Crippen molar-refractivity contribution in [2.45, 2.75) is 56.5 Å². The van der Waals surface area contributed by atoms with Gasteiger partial charge in [0.2, 0.25) is 0 Å². The molecule has 2 aromatic carbocycles. The molecule has 2 aliphatic rings. The van der Waals surface area contributed by atoms with Crippen molar-refractivity contribution in [1.29, 1.82) is 0 Å². The van der Waals surface area contributed by atoms with Crippen LogP contribution in [0.2, 0.25) is 0 Å². The van der Waals surface area contributed by atoms with Crippen LogP contribution in [0.25, 0.3) is 0 Å². The first-order valence-electron chi connectivity index (χ1n) is 10.1. The van der Waals surface area contributed by atoms with E-state index in [1.165, 1.54) is 54.1 Å². The van der Waals surface area contributed by atoms with Crippen molar-refractivity contribution in [1.82, 2.24) is 0 Å². The zero-order valence-electron chi connectivity index (χ0n) is 16.2. The van der Waals surface area contributed by atoms with Gasteiger partial charge in [0, 0.05) is 18.8 Å². The molecule has 3 atom stereocenters. The first-order valence-corrected chi connectivity index (χ1v) is 10.1. The second-order valence-electron chi connectivity index (χ2n) is 8.81. The summed E-state index contributed by atoms with van der Waals surface area (Å²) in [5.41, 5.74) is 2.97. The second-order valence-corrected chi connectivity index (χ2v) is 8.81. The second kappa shape index (κ2) is 8.27. The molecule has 140 valence electrons. The zero-order valence-corrected chi connectivity index (χ0v) is 17.7. The summed E-state index contributed by atoms with van der Waals surface area (Å²) >= 11 is 0. The van der Waals surface area contributed by atoms with E-state index in [0.29, 0.717) is 5.92 Å². The number of piperidine rings is 2. The van der Waals surface area contributed by atoms with Gasteiger partial charge in [0.05, 0.1) is 26.2 Å². The third-order valence-corrected chi connectivity index (χ3v) is 7.14. The highest BCUT2D eigenvalue weighted by molar-refractivity contribution is 5.32. The predicted molar refractivity (Wildman–Crippen MR) is 106 cm³/mol. The molecule has 2 aliphatic heterocycles. The minimum atomic E-state index is 0. The Hall–Kier alpha value is -1.12. The largest absolute Gasteiger partial charge is 1.00 e. The molecule has 2 saturated heterocycles. The fourth-order valence-corrected chi connectivity index (χ4v) is 5.56. The Morgan fingerprint density at radius 1 is 0.808 bits per heavy atom. The average Bonchev–Trinajstić information content (AvgIpc) is 2.61. The molecule has 0 N–H and O–H groups in total. The van der Waals surface area contributed by atoms with Gasteiger partial charge in [-0.25, -0.2) is 0 Å². The third kappa shape index (κ3) is 3.92. The zero-order chi connectivity index (χ0) is 17.3. The van der Waals surface area contributed by atoms with E-state index in [1.807, 2.05) is 0 Å². The fraction of sp³-hybridized carbons (Fsp3) is 0.500. The Balaban J connectivity index is 0.00000196. The standard InChI is InChI=1S/C24H32N.BrH/c1-25(2)22-14-9-15-23(25)17-19(16-22)18-24(20-10-5-3-6-11-20)21-12-7-4-8-13-21;/h3-8,10-13,19,22-24H,9,14-18H2,1-2H3;1H/q+1;/p-1/t19-,22+,23-;. The summed E-state index contributed by atoms with van der Waals surface area (Å²) in [4.78, 5) is 0. The van der Waals surface area contributed by atoms with Crippen LogP contribution in [-0.4, -0.2) is 30.7 Å². The summed E-state index contributed by atoms with van der Waals surface area (Å²) in [6, 6.07) is 24.1. The summed E-state index contributed by atoms with van der Waals surface area (Å²) in [5, 5.41) is 0. The van der Waals surface area contributed by atoms with Gasteiger partial charge in [-0.3, -0.25) is 0 Å². The number of rotatable bonds is 4. The van der Waals surface area contributed by atoms with Crippen LogP contribution in [0.15, 0.2) is 60.7 Å². The van der Waals surface area contributed by atoms with Gasteiger partial charge < -0.3 is 21.5 Å². The molecule has 0 unspecified atom stereocenters. The Bertz CT molecular complexity index is 626. The van der Waals surface area contributed by atoms with Crippen molar-refractivity contribution < 1.29 is 21.5 Å². The molecule has 0 saturated carbocycles. The average molecular weight is 414 g/mol. The van der Waals surface area contributed by atoms with Crippen molar-refractivity contribution in [3.8, 4) is 0 Å². The van der Waals surface area contributed by atoms with E-state index >= 15 is 0 Å². The van der Waals surface area contributed by atoms with Crippen LogP contribution in [0.1, 0.15) is 55.6 Å². The lowest BCUT2D eigenvalue weighted by molar-refractivity contribution is -0.950. The van der Waals surface area contributed by atoms with E-state index < -0.39 is 0 Å². The summed E-state index contributed by atoms with van der Waals surface area (Å²) < 4.78 is 1.28. The molecule has 2 aromatic rings. The molecule has 2 heterocycles. The molecule has 2 bridgehead atoms. The third-order valence-electron chi connectivity index (χ3n) is 7.14. The van der Waals surface area contributed by atoms with Crippen molar-refractivity contribution in [3.05, 3.63) is 71.8 Å². The first-order chi connectivity index (χ1) is 12.1. The molecule has 26 heavy (non-hydrogen) atoms. The summed E-state index contributed by atoms with van der Waals surface area (Å²) in [6.45, 7) is 0. The highest BCUT2D eigenvalue weighted by atomic mass is 79.9. The van der Waals surface area contributed by atoms with Gasteiger partial charge in [-0.1, -0.05) is 60.7 Å². The molecular weight excluding hydrogens is 382 g/mol. The van der Waals surface area contributed by atoms with Crippen LogP contribution in [0.5, 0.6) is 0 Å². The number of quaternary nitrogens is 1. The van der Waals surface area contributed by atoms with E-state index in [2.05, 4.69) is 74.8 Å². The van der Waals surface area contributed by atoms with Crippen LogP contribution < -0.4 is 17.0 Å². The van der Waals surface area contributed by atoms with E-state index in [-0.39, 0.29) is 17.0 Å². The number of hydrogen-bond acceptors (Lipinski definition) is 0. The molecule has 2 heteroatoms. The van der Waals surface area contributed by atoms with Crippen molar-refractivity contribution in [3.63, 3.8) is 0 Å². The molecule has 2 fully saturated rings. The van der Waals surface area contributed by atoms with Crippen LogP contribution in [0, 0.1) is 5.92 Å². The SMILES string of the molecule is C[N+]1(C)[C@@H]2CCC[C@H]1C[C@@H](CC(c1ccccc1)c1ccccc1)C2.[Br-]. The first kappa shape index (κ1) is 19.6. The number of halogens is 1. The van der Waals surface area contributed by atoms with E-state index in [0.717, 1.165) is 18.0 Å². The van der Waals surface area contributed by atoms with Crippen LogP contribution in [-0.2, 0) is 0 Å². The molecule has 0 radical (unpaired) electrons. The Morgan fingerprint density at radius 3 is 1.73 bits per heavy atom. The lowest BCUT2D eigenvalue weighted by Crippen LogP contribution is -3.00. The predicted octanol–water partition coefficient (Wildman–Crippen LogP) is 2.62. The molecule has 1 nitrogen and oxygen atoms in total. The fourth-order valence-electron chi connectivity index (χ4n) is 5.56. The Morgan fingerprint density at radius 2 is 1.27 bits per heavy atom. The molecule has 0 amide bonds. The number of fused-ring (bicyclic) bond motifs is 2. The lowest BCUT2D eigenvalue weighted by Gasteiger charge is -2.53. The molecule has 0 aromatic heterocycles. The topological polar surface area (TPSA) is 0 Å². The van der Waals surface area contributed by atoms with Gasteiger partial charge in [-0.15, -0.1) is 0 Å². The van der Waals surface area contributed by atoms with Crippen molar-refractivity contribution >= 4 is 0 Å². The monoisotopic (exact) mass is 413 g/mol. The van der Waals surface area contributed by atoms with E-state index in [4.69, 9.17) is 0 Å². The summed E-state index contributed by atoms with van der Waals surface area (Å²) in [5.74, 6) is 1.41. The van der Waals surface area contributed by atoms with E-state index in [9.17, 15) is 0 Å². The Kier molecular flexibility index (Phi) is 6.25. The quantitative estimate of drug-likeness (QED) is 0.675. The van der Waals surface area contributed by atoms with Gasteiger partial charge in [-0.05, 0) is 42.7 Å². The number of nitrogens with zero attached hydrogens (tertiary/aromatic N) is 1. The summed E-state index contributed by atoms with van der Waals surface area (Å²) in [6.07, 6.45) is 8.45. The van der Waals surface area contributed by atoms with Gasteiger partial charge in [0.25, 0.3) is 0 Å². The summed E-state index contributed by atoms with van der Waals surface area (Å²) in [7, 11) is 4.97. The molecule has 0 spiro atoms. The number of benzene rings is 2. The highest BCUT2D eigenvalue weighted by Crippen LogP contribution is 2.44. The highest BCUT2D eigenvalue weighted by Gasteiger charge is 2.46. The minimum Gasteiger partial charge on any atom is -1.00 e. The Labute approximate surface area is 169 Å². The molecular formula is C24H32BrN. The molecule has 0 aliphatic carbocycles.